The van der Waals surface area contributed by atoms with Gasteiger partial charge < -0.3 is 15.5 Å². The van der Waals surface area contributed by atoms with Crippen LogP contribution in [0.3, 0.4) is 0 Å². The monoisotopic (exact) mass is 329 g/mol. The standard InChI is InChI=1S/C14H23N3O4S/c1-9(2)12(18)16-5-6-17(13(19)14(15)3-4-14)11-8-22(20,21)7-10(11)16/h9-11H,3-8,15H2,1-2H3/t10-,11+/m1/s1. The zero-order valence-corrected chi connectivity index (χ0v) is 13.8. The smallest absolute Gasteiger partial charge is 0.243 e. The molecule has 8 heteroatoms. The Balaban J connectivity index is 1.87. The summed E-state index contributed by atoms with van der Waals surface area (Å²) in [5.41, 5.74) is 5.19. The molecular formula is C14H23N3O4S. The average Bonchev–Trinajstić information content (AvgIpc) is 3.08. The molecule has 7 nitrogen and oxygen atoms in total. The van der Waals surface area contributed by atoms with Gasteiger partial charge in [-0.15, -0.1) is 0 Å². The molecule has 2 heterocycles. The number of fused-ring (bicyclic) bond motifs is 1. The van der Waals surface area contributed by atoms with Gasteiger partial charge in [0.1, 0.15) is 0 Å². The first-order valence-corrected chi connectivity index (χ1v) is 9.58. The van der Waals surface area contributed by atoms with Gasteiger partial charge in [0.15, 0.2) is 9.84 Å². The molecule has 124 valence electrons. The maximum Gasteiger partial charge on any atom is 0.243 e. The van der Waals surface area contributed by atoms with E-state index < -0.39 is 27.5 Å². The van der Waals surface area contributed by atoms with E-state index in [0.717, 1.165) is 0 Å². The van der Waals surface area contributed by atoms with E-state index in [0.29, 0.717) is 25.9 Å². The molecular weight excluding hydrogens is 306 g/mol. The first-order chi connectivity index (χ1) is 10.1. The van der Waals surface area contributed by atoms with Crippen LogP contribution >= 0.6 is 0 Å². The second kappa shape index (κ2) is 4.92. The van der Waals surface area contributed by atoms with Crippen molar-refractivity contribution < 1.29 is 18.0 Å². The largest absolute Gasteiger partial charge is 0.335 e. The number of carbonyl (C=O) groups is 2. The number of hydrogen-bond acceptors (Lipinski definition) is 5. The highest BCUT2D eigenvalue weighted by Crippen LogP contribution is 2.37. The average molecular weight is 329 g/mol. The molecule has 0 radical (unpaired) electrons. The molecule has 22 heavy (non-hydrogen) atoms. The van der Waals surface area contributed by atoms with Crippen molar-refractivity contribution in [2.75, 3.05) is 24.6 Å². The second-order valence-corrected chi connectivity index (χ2v) is 9.21. The van der Waals surface area contributed by atoms with Crippen LogP contribution in [0.2, 0.25) is 0 Å². The second-order valence-electron chi connectivity index (χ2n) is 7.05. The fourth-order valence-corrected chi connectivity index (χ4v) is 5.43. The minimum atomic E-state index is -3.24. The molecule has 2 amide bonds. The molecule has 0 bridgehead atoms. The lowest BCUT2D eigenvalue weighted by Crippen LogP contribution is -2.64. The molecule has 2 atom stereocenters. The summed E-state index contributed by atoms with van der Waals surface area (Å²) in [6.45, 7) is 4.36. The molecule has 2 N–H and O–H groups in total. The summed E-state index contributed by atoms with van der Waals surface area (Å²) in [6, 6.07) is -0.880. The minimum absolute atomic E-state index is 0.0481. The zero-order valence-electron chi connectivity index (χ0n) is 13.0. The topological polar surface area (TPSA) is 101 Å². The third-order valence-corrected chi connectivity index (χ3v) is 6.63. The van der Waals surface area contributed by atoms with Crippen LogP contribution in [0.4, 0.5) is 0 Å². The van der Waals surface area contributed by atoms with Crippen molar-refractivity contribution >= 4 is 21.7 Å². The van der Waals surface area contributed by atoms with Crippen LogP contribution in [0.1, 0.15) is 26.7 Å². The van der Waals surface area contributed by atoms with E-state index in [4.69, 9.17) is 5.73 Å². The van der Waals surface area contributed by atoms with Gasteiger partial charge in [-0.25, -0.2) is 8.42 Å². The van der Waals surface area contributed by atoms with E-state index in [9.17, 15) is 18.0 Å². The van der Waals surface area contributed by atoms with E-state index in [1.54, 1.807) is 23.6 Å². The number of carbonyl (C=O) groups excluding carboxylic acids is 2. The quantitative estimate of drug-likeness (QED) is 0.698. The normalized spacial score (nSPS) is 32.0. The van der Waals surface area contributed by atoms with Crippen LogP contribution in [0.25, 0.3) is 0 Å². The molecule has 1 aliphatic carbocycles. The van der Waals surface area contributed by atoms with E-state index in [2.05, 4.69) is 0 Å². The maximum absolute atomic E-state index is 12.5. The van der Waals surface area contributed by atoms with E-state index in [1.807, 2.05) is 0 Å². The molecule has 0 aromatic rings. The van der Waals surface area contributed by atoms with Gasteiger partial charge in [-0.1, -0.05) is 13.8 Å². The fourth-order valence-electron chi connectivity index (χ4n) is 3.44. The molecule has 3 rings (SSSR count). The number of nitrogens with zero attached hydrogens (tertiary/aromatic N) is 2. The summed E-state index contributed by atoms with van der Waals surface area (Å²) in [5.74, 6) is -0.515. The molecule has 3 aliphatic rings. The van der Waals surface area contributed by atoms with Gasteiger partial charge in [0.05, 0.1) is 29.1 Å². The summed E-state index contributed by atoms with van der Waals surface area (Å²) in [4.78, 5) is 28.2. The van der Waals surface area contributed by atoms with Crippen LogP contribution in [-0.2, 0) is 19.4 Å². The van der Waals surface area contributed by atoms with Gasteiger partial charge in [-0.3, -0.25) is 9.59 Å². The van der Waals surface area contributed by atoms with Gasteiger partial charge in [-0.05, 0) is 12.8 Å². The van der Waals surface area contributed by atoms with Gasteiger partial charge >= 0.3 is 0 Å². The highest BCUT2D eigenvalue weighted by Gasteiger charge is 2.55. The molecule has 0 aromatic heterocycles. The van der Waals surface area contributed by atoms with Crippen LogP contribution in [0, 0.1) is 5.92 Å². The Hall–Kier alpha value is -1.15. The number of piperazine rings is 1. The minimum Gasteiger partial charge on any atom is -0.335 e. The summed E-state index contributed by atoms with van der Waals surface area (Å²) >= 11 is 0. The Morgan fingerprint density at radius 3 is 2.09 bits per heavy atom. The van der Waals surface area contributed by atoms with Crippen molar-refractivity contribution in [3.63, 3.8) is 0 Å². The lowest BCUT2D eigenvalue weighted by molar-refractivity contribution is -0.148. The SMILES string of the molecule is CC(C)C(=O)N1CCN(C(=O)C2(N)CC2)[C@H]2CS(=O)(=O)C[C@H]21. The van der Waals surface area contributed by atoms with E-state index in [1.165, 1.54) is 0 Å². The molecule has 3 fully saturated rings. The third kappa shape index (κ3) is 2.52. The van der Waals surface area contributed by atoms with Crippen LogP contribution in [0.5, 0.6) is 0 Å². The highest BCUT2D eigenvalue weighted by molar-refractivity contribution is 7.91. The molecule has 2 aliphatic heterocycles. The third-order valence-electron chi connectivity index (χ3n) is 4.93. The number of amides is 2. The Morgan fingerprint density at radius 2 is 1.59 bits per heavy atom. The molecule has 0 aromatic carbocycles. The molecule has 0 unspecified atom stereocenters. The lowest BCUT2D eigenvalue weighted by Gasteiger charge is -2.45. The summed E-state index contributed by atoms with van der Waals surface area (Å²) in [5, 5.41) is 0. The van der Waals surface area contributed by atoms with Gasteiger partial charge in [0, 0.05) is 19.0 Å². The van der Waals surface area contributed by atoms with Gasteiger partial charge in [-0.2, -0.15) is 0 Å². The van der Waals surface area contributed by atoms with Crippen LogP contribution < -0.4 is 5.73 Å². The molecule has 0 spiro atoms. The van der Waals surface area contributed by atoms with Crippen LogP contribution in [0.15, 0.2) is 0 Å². The van der Waals surface area contributed by atoms with Gasteiger partial charge in [0.2, 0.25) is 11.8 Å². The Morgan fingerprint density at radius 1 is 1.09 bits per heavy atom. The highest BCUT2D eigenvalue weighted by atomic mass is 32.2. The lowest BCUT2D eigenvalue weighted by atomic mass is 10.0. The number of sulfone groups is 1. The number of rotatable bonds is 2. The molecule has 2 saturated heterocycles. The molecule has 1 saturated carbocycles. The first kappa shape index (κ1) is 15.7. The predicted octanol–water partition coefficient (Wildman–Crippen LogP) is -1.03. The maximum atomic E-state index is 12.5. The summed E-state index contributed by atoms with van der Waals surface area (Å²) in [7, 11) is -3.24. The predicted molar refractivity (Wildman–Crippen MR) is 80.6 cm³/mol. The van der Waals surface area contributed by atoms with Crippen molar-refractivity contribution in [1.82, 2.24) is 9.80 Å². The number of nitrogens with two attached hydrogens (primary N) is 1. The Kier molecular flexibility index (Phi) is 3.52. The van der Waals surface area contributed by atoms with Crippen molar-refractivity contribution in [2.24, 2.45) is 11.7 Å². The first-order valence-electron chi connectivity index (χ1n) is 7.75. The van der Waals surface area contributed by atoms with Crippen molar-refractivity contribution in [3.8, 4) is 0 Å². The fraction of sp³-hybridized carbons (Fsp3) is 0.857. The van der Waals surface area contributed by atoms with Crippen molar-refractivity contribution in [1.29, 1.82) is 0 Å². The summed E-state index contributed by atoms with van der Waals surface area (Å²) < 4.78 is 24.1. The van der Waals surface area contributed by atoms with Crippen molar-refractivity contribution in [3.05, 3.63) is 0 Å². The van der Waals surface area contributed by atoms with E-state index in [-0.39, 0.29) is 29.2 Å². The Labute approximate surface area is 130 Å². The number of hydrogen-bond donors (Lipinski definition) is 1. The zero-order chi connectivity index (χ0) is 16.3. The van der Waals surface area contributed by atoms with E-state index >= 15 is 0 Å². The Bertz CT molecular complexity index is 612. The summed E-state index contributed by atoms with van der Waals surface area (Å²) in [6.07, 6.45) is 1.31. The van der Waals surface area contributed by atoms with Gasteiger partial charge in [0.25, 0.3) is 0 Å². The van der Waals surface area contributed by atoms with Crippen molar-refractivity contribution in [2.45, 2.75) is 44.3 Å². The van der Waals surface area contributed by atoms with Crippen LogP contribution in [-0.4, -0.2) is 72.2 Å².